The standard InChI is InChI=1S/C23H22F3N3O2/c24-23(25,26)22-20(14-21(28-29-22)31-19-10-12-27-13-11-19)17-6-8-18(9-7-17)30-15-16-4-2-1-3-5-16/h1-9,14,19,27H,10-13,15H2. The van der Waals surface area contributed by atoms with Gasteiger partial charge in [0.1, 0.15) is 18.5 Å². The number of rotatable bonds is 6. The highest BCUT2D eigenvalue weighted by molar-refractivity contribution is 5.68. The molecule has 0 amide bonds. The molecule has 2 heterocycles. The van der Waals surface area contributed by atoms with E-state index in [0.717, 1.165) is 31.5 Å². The molecule has 3 aromatic rings. The number of hydrogen-bond acceptors (Lipinski definition) is 5. The summed E-state index contributed by atoms with van der Waals surface area (Å²) < 4.78 is 52.1. The van der Waals surface area contributed by atoms with Gasteiger partial charge < -0.3 is 14.8 Å². The van der Waals surface area contributed by atoms with E-state index in [1.165, 1.54) is 6.07 Å². The maximum atomic E-state index is 13.5. The number of hydrogen-bond donors (Lipinski definition) is 1. The lowest BCUT2D eigenvalue weighted by molar-refractivity contribution is -0.141. The molecule has 0 atom stereocenters. The van der Waals surface area contributed by atoms with Crippen LogP contribution in [0.25, 0.3) is 11.1 Å². The van der Waals surface area contributed by atoms with E-state index in [2.05, 4.69) is 15.5 Å². The number of halogens is 3. The van der Waals surface area contributed by atoms with Gasteiger partial charge in [-0.05, 0) is 49.2 Å². The molecule has 1 aliphatic heterocycles. The Hall–Kier alpha value is -3.13. The third-order valence-corrected chi connectivity index (χ3v) is 5.03. The molecule has 8 heteroatoms. The van der Waals surface area contributed by atoms with E-state index in [4.69, 9.17) is 9.47 Å². The van der Waals surface area contributed by atoms with Crippen LogP contribution in [0, 0.1) is 0 Å². The minimum Gasteiger partial charge on any atom is -0.489 e. The second-order valence-corrected chi connectivity index (χ2v) is 7.31. The van der Waals surface area contributed by atoms with Crippen molar-refractivity contribution in [3.63, 3.8) is 0 Å². The molecule has 1 aliphatic rings. The van der Waals surface area contributed by atoms with Crippen molar-refractivity contribution in [3.8, 4) is 22.8 Å². The molecule has 0 spiro atoms. The summed E-state index contributed by atoms with van der Waals surface area (Å²) in [5.41, 5.74) is 0.262. The van der Waals surface area contributed by atoms with Crippen molar-refractivity contribution in [2.24, 2.45) is 0 Å². The Kier molecular flexibility index (Phi) is 6.36. The minimum absolute atomic E-state index is 0.0685. The Balaban J connectivity index is 1.55. The molecule has 1 fully saturated rings. The molecule has 0 bridgehead atoms. The van der Waals surface area contributed by atoms with Gasteiger partial charge in [0.2, 0.25) is 5.88 Å². The van der Waals surface area contributed by atoms with Crippen molar-refractivity contribution >= 4 is 0 Å². The van der Waals surface area contributed by atoms with Crippen LogP contribution in [0.5, 0.6) is 11.6 Å². The summed E-state index contributed by atoms with van der Waals surface area (Å²) in [4.78, 5) is 0. The van der Waals surface area contributed by atoms with Crippen molar-refractivity contribution in [3.05, 3.63) is 71.9 Å². The molecule has 1 saturated heterocycles. The summed E-state index contributed by atoms with van der Waals surface area (Å²) >= 11 is 0. The highest BCUT2D eigenvalue weighted by atomic mass is 19.4. The lowest BCUT2D eigenvalue weighted by Crippen LogP contribution is -2.34. The number of aromatic nitrogens is 2. The Morgan fingerprint density at radius 2 is 1.65 bits per heavy atom. The Morgan fingerprint density at radius 1 is 0.935 bits per heavy atom. The number of benzene rings is 2. The fourth-order valence-corrected chi connectivity index (χ4v) is 3.42. The van der Waals surface area contributed by atoms with Gasteiger partial charge in [0, 0.05) is 11.6 Å². The summed E-state index contributed by atoms with van der Waals surface area (Å²) in [7, 11) is 0. The first-order chi connectivity index (χ1) is 15.0. The van der Waals surface area contributed by atoms with E-state index in [1.807, 2.05) is 30.3 Å². The first-order valence-electron chi connectivity index (χ1n) is 10.1. The summed E-state index contributed by atoms with van der Waals surface area (Å²) in [6, 6.07) is 17.4. The third-order valence-electron chi connectivity index (χ3n) is 5.03. The Morgan fingerprint density at radius 3 is 2.32 bits per heavy atom. The van der Waals surface area contributed by atoms with Gasteiger partial charge in [-0.25, -0.2) is 0 Å². The highest BCUT2D eigenvalue weighted by Crippen LogP contribution is 2.37. The van der Waals surface area contributed by atoms with Crippen LogP contribution in [0.4, 0.5) is 13.2 Å². The summed E-state index contributed by atoms with van der Waals surface area (Å²) in [5.74, 6) is 0.661. The van der Waals surface area contributed by atoms with Crippen molar-refractivity contribution in [1.82, 2.24) is 15.5 Å². The van der Waals surface area contributed by atoms with E-state index in [0.29, 0.717) is 17.9 Å². The number of ether oxygens (including phenoxy) is 2. The molecular formula is C23H22F3N3O2. The maximum absolute atomic E-state index is 13.5. The molecule has 5 nitrogen and oxygen atoms in total. The molecule has 1 N–H and O–H groups in total. The molecule has 0 aliphatic carbocycles. The Labute approximate surface area is 178 Å². The number of piperidine rings is 1. The average molecular weight is 429 g/mol. The van der Waals surface area contributed by atoms with E-state index >= 15 is 0 Å². The lowest BCUT2D eigenvalue weighted by atomic mass is 10.0. The fraction of sp³-hybridized carbons (Fsp3) is 0.304. The maximum Gasteiger partial charge on any atom is 0.435 e. The van der Waals surface area contributed by atoms with E-state index in [1.54, 1.807) is 24.3 Å². The average Bonchev–Trinajstić information content (AvgIpc) is 2.79. The van der Waals surface area contributed by atoms with Gasteiger partial charge >= 0.3 is 6.18 Å². The largest absolute Gasteiger partial charge is 0.489 e. The number of nitrogens with one attached hydrogen (secondary N) is 1. The molecule has 0 radical (unpaired) electrons. The van der Waals surface area contributed by atoms with Gasteiger partial charge in [-0.2, -0.15) is 13.2 Å². The predicted octanol–water partition coefficient (Wildman–Crippen LogP) is 4.87. The quantitative estimate of drug-likeness (QED) is 0.606. The summed E-state index contributed by atoms with van der Waals surface area (Å²) in [6.45, 7) is 1.98. The van der Waals surface area contributed by atoms with Gasteiger partial charge in [-0.3, -0.25) is 0 Å². The number of alkyl halides is 3. The molecule has 0 saturated carbocycles. The molecule has 162 valence electrons. The second kappa shape index (κ2) is 9.34. The van der Waals surface area contributed by atoms with Gasteiger partial charge in [0.15, 0.2) is 5.69 Å². The predicted molar refractivity (Wildman–Crippen MR) is 110 cm³/mol. The van der Waals surface area contributed by atoms with Gasteiger partial charge in [0.05, 0.1) is 0 Å². The second-order valence-electron chi connectivity index (χ2n) is 7.31. The van der Waals surface area contributed by atoms with Crippen molar-refractivity contribution in [1.29, 1.82) is 0 Å². The summed E-state index contributed by atoms with van der Waals surface area (Å²) in [6.07, 6.45) is -3.18. The fourth-order valence-electron chi connectivity index (χ4n) is 3.42. The molecule has 2 aromatic carbocycles. The van der Waals surface area contributed by atoms with Crippen LogP contribution in [0.2, 0.25) is 0 Å². The minimum atomic E-state index is -4.63. The van der Waals surface area contributed by atoms with Gasteiger partial charge in [0.25, 0.3) is 0 Å². The number of nitrogens with zero attached hydrogens (tertiary/aromatic N) is 2. The van der Waals surface area contributed by atoms with Crippen LogP contribution in [-0.4, -0.2) is 29.4 Å². The zero-order valence-corrected chi connectivity index (χ0v) is 16.7. The molecule has 1 aromatic heterocycles. The first kappa shape index (κ1) is 21.1. The molecule has 31 heavy (non-hydrogen) atoms. The lowest BCUT2D eigenvalue weighted by Gasteiger charge is -2.23. The highest BCUT2D eigenvalue weighted by Gasteiger charge is 2.37. The van der Waals surface area contributed by atoms with Gasteiger partial charge in [-0.15, -0.1) is 10.2 Å². The Bertz CT molecular complexity index is 989. The normalized spacial score (nSPS) is 14.9. The third kappa shape index (κ3) is 5.52. The van der Waals surface area contributed by atoms with Crippen molar-refractivity contribution in [2.45, 2.75) is 31.7 Å². The van der Waals surface area contributed by atoms with Crippen LogP contribution in [-0.2, 0) is 12.8 Å². The van der Waals surface area contributed by atoms with Gasteiger partial charge in [-0.1, -0.05) is 42.5 Å². The zero-order chi connectivity index (χ0) is 21.7. The van der Waals surface area contributed by atoms with Crippen LogP contribution < -0.4 is 14.8 Å². The van der Waals surface area contributed by atoms with E-state index < -0.39 is 11.9 Å². The first-order valence-corrected chi connectivity index (χ1v) is 10.1. The van der Waals surface area contributed by atoms with Crippen molar-refractivity contribution < 1.29 is 22.6 Å². The smallest absolute Gasteiger partial charge is 0.435 e. The SMILES string of the molecule is FC(F)(F)c1nnc(OC2CCNCC2)cc1-c1ccc(OCc2ccccc2)cc1. The topological polar surface area (TPSA) is 56.3 Å². The molecular weight excluding hydrogens is 407 g/mol. The molecule has 0 unspecified atom stereocenters. The van der Waals surface area contributed by atoms with Crippen LogP contribution in [0.3, 0.4) is 0 Å². The van der Waals surface area contributed by atoms with Crippen LogP contribution >= 0.6 is 0 Å². The van der Waals surface area contributed by atoms with Crippen LogP contribution in [0.15, 0.2) is 60.7 Å². The van der Waals surface area contributed by atoms with Crippen LogP contribution in [0.1, 0.15) is 24.1 Å². The monoisotopic (exact) mass is 429 g/mol. The van der Waals surface area contributed by atoms with Crippen molar-refractivity contribution in [2.75, 3.05) is 13.1 Å². The molecule has 4 rings (SSSR count). The zero-order valence-electron chi connectivity index (χ0n) is 16.7. The summed E-state index contributed by atoms with van der Waals surface area (Å²) in [5, 5.41) is 10.3. The van der Waals surface area contributed by atoms with E-state index in [-0.39, 0.29) is 17.5 Å². The van der Waals surface area contributed by atoms with E-state index in [9.17, 15) is 13.2 Å².